The van der Waals surface area contributed by atoms with Crippen LogP contribution in [0.5, 0.6) is 0 Å². The van der Waals surface area contributed by atoms with Gasteiger partial charge in [-0.2, -0.15) is 0 Å². The Kier molecular flexibility index (Phi) is 7.11. The van der Waals surface area contributed by atoms with Gasteiger partial charge in [-0.25, -0.2) is 18.7 Å². The van der Waals surface area contributed by atoms with Crippen LogP contribution < -0.4 is 5.32 Å². The molecule has 0 aliphatic rings. The second kappa shape index (κ2) is 8.34. The van der Waals surface area contributed by atoms with Crippen LogP contribution in [0.15, 0.2) is 4.47 Å². The van der Waals surface area contributed by atoms with E-state index in [9.17, 15) is 8.78 Å². The predicted molar refractivity (Wildman–Crippen MR) is 70.5 cm³/mol. The first-order valence-electron chi connectivity index (χ1n) is 5.66. The van der Waals surface area contributed by atoms with Crippen LogP contribution in [0.2, 0.25) is 0 Å². The Bertz CT molecular complexity index is 408. The fraction of sp³-hybridized carbons (Fsp3) is 0.636. The Morgan fingerprint density at radius 3 is 2.68 bits per heavy atom. The number of hydrogen-bond donors (Lipinski definition) is 1. The quantitative estimate of drug-likeness (QED) is 0.736. The molecule has 0 saturated carbocycles. The summed E-state index contributed by atoms with van der Waals surface area (Å²) in [5.41, 5.74) is 0.700. The molecule has 1 heterocycles. The van der Waals surface area contributed by atoms with Crippen molar-refractivity contribution in [3.8, 4) is 0 Å². The van der Waals surface area contributed by atoms with Crippen LogP contribution in [0, 0.1) is 0 Å². The molecule has 0 aromatic carbocycles. The van der Waals surface area contributed by atoms with E-state index in [1.807, 2.05) is 0 Å². The van der Waals surface area contributed by atoms with Crippen LogP contribution in [0.3, 0.4) is 0 Å². The number of halogens is 3. The number of rotatable bonds is 8. The van der Waals surface area contributed by atoms with Crippen molar-refractivity contribution in [2.45, 2.75) is 19.5 Å². The summed E-state index contributed by atoms with van der Waals surface area (Å²) >= 11 is 3.38. The van der Waals surface area contributed by atoms with Gasteiger partial charge in [0.15, 0.2) is 0 Å². The third-order valence-corrected chi connectivity index (χ3v) is 3.03. The molecule has 1 aromatic heterocycles. The predicted octanol–water partition coefficient (Wildman–Crippen LogP) is 2.25. The van der Waals surface area contributed by atoms with Crippen LogP contribution >= 0.6 is 15.9 Å². The second-order valence-corrected chi connectivity index (χ2v) is 4.44. The Balaban J connectivity index is 2.69. The van der Waals surface area contributed by atoms with Gasteiger partial charge in [-0.15, -0.1) is 0 Å². The lowest BCUT2D eigenvalue weighted by Crippen LogP contribution is -2.11. The molecule has 1 rings (SSSR count). The molecule has 108 valence electrons. The number of nitrogens with one attached hydrogen (secondary N) is 1. The van der Waals surface area contributed by atoms with Gasteiger partial charge in [-0.3, -0.25) is 0 Å². The molecule has 1 N–H and O–H groups in total. The fourth-order valence-electron chi connectivity index (χ4n) is 1.39. The first kappa shape index (κ1) is 16.2. The van der Waals surface area contributed by atoms with E-state index in [-0.39, 0.29) is 6.61 Å². The Labute approximate surface area is 118 Å². The summed E-state index contributed by atoms with van der Waals surface area (Å²) in [6.07, 6.45) is -2.09. The molecule has 0 aliphatic carbocycles. The van der Waals surface area contributed by atoms with E-state index in [1.165, 1.54) is 0 Å². The van der Waals surface area contributed by atoms with Gasteiger partial charge in [-0.05, 0) is 15.9 Å². The van der Waals surface area contributed by atoms with Gasteiger partial charge >= 0.3 is 0 Å². The highest BCUT2D eigenvalue weighted by Crippen LogP contribution is 2.23. The number of alkyl halides is 2. The zero-order chi connectivity index (χ0) is 14.3. The standard InChI is InChI=1S/C11H16BrF2N3O2/c1-15-11-10(12)7(5-18-2)16-9(17-11)3-4-19-6-8(13)14/h8H,3-6H2,1-2H3,(H,15,16,17). The molecule has 5 nitrogen and oxygen atoms in total. The average Bonchev–Trinajstić information content (AvgIpc) is 2.38. The van der Waals surface area contributed by atoms with E-state index in [1.54, 1.807) is 14.2 Å². The summed E-state index contributed by atoms with van der Waals surface area (Å²) < 4.78 is 34.4. The summed E-state index contributed by atoms with van der Waals surface area (Å²) in [7, 11) is 3.31. The molecule has 0 atom stereocenters. The number of aromatic nitrogens is 2. The minimum absolute atomic E-state index is 0.154. The Hall–Kier alpha value is -0.860. The average molecular weight is 340 g/mol. The summed E-state index contributed by atoms with van der Waals surface area (Å²) in [6, 6.07) is 0. The number of anilines is 1. The monoisotopic (exact) mass is 339 g/mol. The smallest absolute Gasteiger partial charge is 0.261 e. The number of ether oxygens (including phenoxy) is 2. The molecular formula is C11H16BrF2N3O2. The molecule has 0 unspecified atom stereocenters. The zero-order valence-corrected chi connectivity index (χ0v) is 12.3. The number of nitrogens with zero attached hydrogens (tertiary/aromatic N) is 2. The summed E-state index contributed by atoms with van der Waals surface area (Å²) in [4.78, 5) is 8.56. The van der Waals surface area contributed by atoms with E-state index in [0.29, 0.717) is 30.4 Å². The van der Waals surface area contributed by atoms with Crippen LogP contribution in [0.4, 0.5) is 14.6 Å². The van der Waals surface area contributed by atoms with Crippen molar-refractivity contribution in [3.05, 3.63) is 16.0 Å². The van der Waals surface area contributed by atoms with Crippen molar-refractivity contribution in [2.24, 2.45) is 0 Å². The van der Waals surface area contributed by atoms with Crippen molar-refractivity contribution in [1.29, 1.82) is 0 Å². The Morgan fingerprint density at radius 1 is 1.37 bits per heavy atom. The van der Waals surface area contributed by atoms with Crippen molar-refractivity contribution in [2.75, 3.05) is 32.7 Å². The van der Waals surface area contributed by atoms with E-state index < -0.39 is 13.0 Å². The molecule has 0 amide bonds. The molecule has 0 aliphatic heterocycles. The maximum Gasteiger partial charge on any atom is 0.261 e. The van der Waals surface area contributed by atoms with Gasteiger partial charge in [0.25, 0.3) is 6.43 Å². The minimum atomic E-state index is -2.46. The highest BCUT2D eigenvalue weighted by molar-refractivity contribution is 9.10. The molecule has 1 aromatic rings. The molecule has 0 fully saturated rings. The topological polar surface area (TPSA) is 56.3 Å². The fourth-order valence-corrected chi connectivity index (χ4v) is 1.88. The van der Waals surface area contributed by atoms with E-state index >= 15 is 0 Å². The molecule has 0 saturated heterocycles. The highest BCUT2D eigenvalue weighted by Gasteiger charge is 2.11. The highest BCUT2D eigenvalue weighted by atomic mass is 79.9. The van der Waals surface area contributed by atoms with E-state index in [0.717, 1.165) is 4.47 Å². The minimum Gasteiger partial charge on any atom is -0.378 e. The molecule has 0 spiro atoms. The maximum atomic E-state index is 11.9. The third-order valence-electron chi connectivity index (χ3n) is 2.20. The van der Waals surface area contributed by atoms with Crippen LogP contribution in [-0.4, -0.2) is 43.8 Å². The van der Waals surface area contributed by atoms with Crippen LogP contribution in [0.1, 0.15) is 11.5 Å². The van der Waals surface area contributed by atoms with Gasteiger partial charge in [0.1, 0.15) is 18.2 Å². The van der Waals surface area contributed by atoms with Gasteiger partial charge in [0, 0.05) is 20.6 Å². The van der Waals surface area contributed by atoms with Crippen molar-refractivity contribution < 1.29 is 18.3 Å². The molecule has 19 heavy (non-hydrogen) atoms. The lowest BCUT2D eigenvalue weighted by Gasteiger charge is -2.10. The third kappa shape index (κ3) is 5.33. The normalized spacial score (nSPS) is 11.1. The summed E-state index contributed by atoms with van der Waals surface area (Å²) in [5.74, 6) is 1.15. The van der Waals surface area contributed by atoms with Crippen molar-refractivity contribution in [1.82, 2.24) is 9.97 Å². The Morgan fingerprint density at radius 2 is 2.11 bits per heavy atom. The van der Waals surface area contributed by atoms with Gasteiger partial charge in [-0.1, -0.05) is 0 Å². The molecule has 0 bridgehead atoms. The van der Waals surface area contributed by atoms with Crippen LogP contribution in [-0.2, 0) is 22.5 Å². The molecule has 8 heteroatoms. The first-order chi connectivity index (χ1) is 9.08. The zero-order valence-electron chi connectivity index (χ0n) is 10.8. The van der Waals surface area contributed by atoms with E-state index in [2.05, 4.69) is 31.2 Å². The second-order valence-electron chi connectivity index (χ2n) is 3.65. The van der Waals surface area contributed by atoms with Gasteiger partial charge < -0.3 is 14.8 Å². The SMILES string of the molecule is CNc1nc(CCOCC(F)F)nc(COC)c1Br. The lowest BCUT2D eigenvalue weighted by molar-refractivity contribution is 0.0182. The maximum absolute atomic E-state index is 11.9. The van der Waals surface area contributed by atoms with Gasteiger partial charge in [0.05, 0.1) is 23.4 Å². The largest absolute Gasteiger partial charge is 0.378 e. The number of methoxy groups -OCH3 is 1. The van der Waals surface area contributed by atoms with Crippen LogP contribution in [0.25, 0.3) is 0 Å². The van der Waals surface area contributed by atoms with Crippen molar-refractivity contribution >= 4 is 21.7 Å². The first-order valence-corrected chi connectivity index (χ1v) is 6.45. The number of hydrogen-bond acceptors (Lipinski definition) is 5. The van der Waals surface area contributed by atoms with Crippen molar-refractivity contribution in [3.63, 3.8) is 0 Å². The van der Waals surface area contributed by atoms with Gasteiger partial charge in [0.2, 0.25) is 0 Å². The summed E-state index contributed by atoms with van der Waals surface area (Å²) in [5, 5.41) is 2.93. The lowest BCUT2D eigenvalue weighted by atomic mass is 10.3. The van der Waals surface area contributed by atoms with E-state index in [4.69, 9.17) is 9.47 Å². The molecular weight excluding hydrogens is 324 g/mol. The summed E-state index contributed by atoms with van der Waals surface area (Å²) in [6.45, 7) is -0.0788. The molecule has 0 radical (unpaired) electrons.